The molecule has 138 valence electrons. The molecule has 2 aromatic rings. The van der Waals surface area contributed by atoms with Crippen LogP contribution in [0, 0.1) is 18.8 Å². The van der Waals surface area contributed by atoms with Gasteiger partial charge in [0.2, 0.25) is 16.9 Å². The molecule has 26 heavy (non-hydrogen) atoms. The maximum Gasteiger partial charge on any atom is 0.249 e. The Bertz CT molecular complexity index is 800. The van der Waals surface area contributed by atoms with Crippen LogP contribution in [0.3, 0.4) is 0 Å². The first-order valence-electron chi connectivity index (χ1n) is 8.99. The fraction of sp³-hybridized carbons (Fsp3) is 0.474. The molecule has 0 saturated heterocycles. The van der Waals surface area contributed by atoms with Gasteiger partial charge in [0.15, 0.2) is 0 Å². The van der Waals surface area contributed by atoms with E-state index in [2.05, 4.69) is 20.8 Å². The number of nitrogens with one attached hydrogen (secondary N) is 2. The van der Waals surface area contributed by atoms with Gasteiger partial charge in [0.1, 0.15) is 11.0 Å². The lowest BCUT2D eigenvalue weighted by atomic mass is 9.98. The Kier molecular flexibility index (Phi) is 5.66. The first kappa shape index (κ1) is 18.5. The monoisotopic (exact) mass is 372 g/mol. The zero-order valence-electron chi connectivity index (χ0n) is 15.3. The van der Waals surface area contributed by atoms with E-state index in [9.17, 15) is 9.59 Å². The van der Waals surface area contributed by atoms with Crippen molar-refractivity contribution in [3.05, 3.63) is 29.8 Å². The van der Waals surface area contributed by atoms with E-state index in [-0.39, 0.29) is 23.7 Å². The van der Waals surface area contributed by atoms with E-state index in [0.29, 0.717) is 5.13 Å². The Labute approximate surface area is 157 Å². The van der Waals surface area contributed by atoms with Gasteiger partial charge in [-0.2, -0.15) is 0 Å². The predicted octanol–water partition coefficient (Wildman–Crippen LogP) is 3.39. The van der Waals surface area contributed by atoms with Crippen molar-refractivity contribution < 1.29 is 9.59 Å². The topological polar surface area (TPSA) is 84.0 Å². The van der Waals surface area contributed by atoms with Crippen LogP contribution in [-0.2, 0) is 9.59 Å². The molecule has 6 nitrogen and oxygen atoms in total. The van der Waals surface area contributed by atoms with Crippen molar-refractivity contribution in [2.24, 2.45) is 11.8 Å². The summed E-state index contributed by atoms with van der Waals surface area (Å²) >= 11 is 1.33. The number of carbonyl (C=O) groups excluding carboxylic acids is 2. The van der Waals surface area contributed by atoms with Crippen LogP contribution in [0.4, 0.5) is 5.13 Å². The highest BCUT2D eigenvalue weighted by atomic mass is 32.1. The Hall–Kier alpha value is -2.28. The van der Waals surface area contributed by atoms with E-state index in [1.807, 2.05) is 45.0 Å². The summed E-state index contributed by atoms with van der Waals surface area (Å²) in [4.78, 5) is 24.8. The second-order valence-corrected chi connectivity index (χ2v) is 7.89. The molecule has 1 saturated carbocycles. The van der Waals surface area contributed by atoms with E-state index in [1.54, 1.807) is 0 Å². The zero-order valence-corrected chi connectivity index (χ0v) is 16.1. The second-order valence-electron chi connectivity index (χ2n) is 6.92. The van der Waals surface area contributed by atoms with Gasteiger partial charge in [0, 0.05) is 11.5 Å². The van der Waals surface area contributed by atoms with Crippen LogP contribution in [0.2, 0.25) is 0 Å². The molecule has 0 unspecified atom stereocenters. The molecule has 2 N–H and O–H groups in total. The molecule has 1 fully saturated rings. The van der Waals surface area contributed by atoms with Gasteiger partial charge in [-0.05, 0) is 31.7 Å². The predicted molar refractivity (Wildman–Crippen MR) is 103 cm³/mol. The van der Waals surface area contributed by atoms with Gasteiger partial charge in [-0.1, -0.05) is 55.4 Å². The summed E-state index contributed by atoms with van der Waals surface area (Å²) < 4.78 is 0. The third kappa shape index (κ3) is 4.46. The highest BCUT2D eigenvalue weighted by molar-refractivity contribution is 7.18. The molecule has 2 atom stereocenters. The van der Waals surface area contributed by atoms with Crippen molar-refractivity contribution >= 4 is 28.3 Å². The van der Waals surface area contributed by atoms with Crippen molar-refractivity contribution in [2.75, 3.05) is 5.32 Å². The largest absolute Gasteiger partial charge is 0.344 e. The lowest BCUT2D eigenvalue weighted by Crippen LogP contribution is -2.48. The van der Waals surface area contributed by atoms with E-state index in [0.717, 1.165) is 35.4 Å². The third-order valence-corrected chi connectivity index (χ3v) is 5.55. The highest BCUT2D eigenvalue weighted by Gasteiger charge is 2.34. The van der Waals surface area contributed by atoms with Crippen LogP contribution in [0.25, 0.3) is 10.6 Å². The lowest BCUT2D eigenvalue weighted by molar-refractivity contribution is -0.128. The Balaban J connectivity index is 1.69. The smallest absolute Gasteiger partial charge is 0.249 e. The number of nitrogens with zero attached hydrogens (tertiary/aromatic N) is 2. The van der Waals surface area contributed by atoms with E-state index >= 15 is 0 Å². The average molecular weight is 372 g/mol. The van der Waals surface area contributed by atoms with E-state index in [1.165, 1.54) is 11.3 Å². The Morgan fingerprint density at radius 1 is 1.31 bits per heavy atom. The molecule has 3 rings (SSSR count). The van der Waals surface area contributed by atoms with Crippen molar-refractivity contribution in [3.8, 4) is 10.6 Å². The molecule has 1 aromatic carbocycles. The fourth-order valence-electron chi connectivity index (χ4n) is 2.67. The molecular weight excluding hydrogens is 348 g/mol. The van der Waals surface area contributed by atoms with Crippen LogP contribution in [0.5, 0.6) is 0 Å². The molecule has 0 radical (unpaired) electrons. The molecule has 1 aliphatic carbocycles. The Morgan fingerprint density at radius 3 is 2.73 bits per heavy atom. The Morgan fingerprint density at radius 2 is 2.08 bits per heavy atom. The lowest BCUT2D eigenvalue weighted by Gasteiger charge is -2.22. The number of aryl methyl sites for hydroxylation is 1. The number of benzene rings is 1. The molecule has 1 aromatic heterocycles. The van der Waals surface area contributed by atoms with E-state index < -0.39 is 6.04 Å². The number of amides is 2. The van der Waals surface area contributed by atoms with Crippen LogP contribution in [-0.4, -0.2) is 28.1 Å². The summed E-state index contributed by atoms with van der Waals surface area (Å²) in [6.07, 6.45) is 2.63. The number of hydrogen-bond donors (Lipinski definition) is 2. The molecule has 0 spiro atoms. The highest BCUT2D eigenvalue weighted by Crippen LogP contribution is 2.30. The summed E-state index contributed by atoms with van der Waals surface area (Å²) in [5, 5.41) is 15.2. The van der Waals surface area contributed by atoms with Crippen LogP contribution >= 0.6 is 11.3 Å². The van der Waals surface area contributed by atoms with Gasteiger partial charge in [0.05, 0.1) is 0 Å². The zero-order chi connectivity index (χ0) is 18.7. The number of hydrogen-bond acceptors (Lipinski definition) is 5. The molecule has 1 aliphatic rings. The van der Waals surface area contributed by atoms with Crippen LogP contribution in [0.15, 0.2) is 24.3 Å². The number of carbonyl (C=O) groups is 2. The quantitative estimate of drug-likeness (QED) is 0.780. The van der Waals surface area contributed by atoms with Gasteiger partial charge in [-0.25, -0.2) is 0 Å². The minimum atomic E-state index is -0.556. The standard InChI is InChI=1S/C19H24N4O2S/c1-4-12(3)15(20-16(24)13-8-9-13)17(25)21-19-23-22-18(26-19)14-7-5-6-11(2)10-14/h5-7,10,12-13,15H,4,8-9H2,1-3H3,(H,20,24)(H,21,23,25)/t12-,15-/m1/s1. The summed E-state index contributed by atoms with van der Waals surface area (Å²) in [7, 11) is 0. The fourth-order valence-corrected chi connectivity index (χ4v) is 3.41. The molecule has 2 amide bonds. The second kappa shape index (κ2) is 7.95. The van der Waals surface area contributed by atoms with Crippen LogP contribution in [0.1, 0.15) is 38.7 Å². The maximum atomic E-state index is 12.7. The van der Waals surface area contributed by atoms with E-state index in [4.69, 9.17) is 0 Å². The third-order valence-electron chi connectivity index (χ3n) is 4.66. The SMILES string of the molecule is CC[C@@H](C)[C@@H](NC(=O)C1CC1)C(=O)Nc1nnc(-c2cccc(C)c2)s1. The van der Waals surface area contributed by atoms with Crippen molar-refractivity contribution in [1.29, 1.82) is 0 Å². The van der Waals surface area contributed by atoms with Gasteiger partial charge >= 0.3 is 0 Å². The number of rotatable bonds is 7. The van der Waals surface area contributed by atoms with Gasteiger partial charge in [0.25, 0.3) is 0 Å². The summed E-state index contributed by atoms with van der Waals surface area (Å²) in [6, 6.07) is 7.43. The number of anilines is 1. The van der Waals surface area contributed by atoms with Gasteiger partial charge < -0.3 is 5.32 Å². The van der Waals surface area contributed by atoms with Crippen molar-refractivity contribution in [1.82, 2.24) is 15.5 Å². The molecule has 7 heteroatoms. The minimum absolute atomic E-state index is 0.0248. The van der Waals surface area contributed by atoms with Crippen molar-refractivity contribution in [2.45, 2.75) is 46.1 Å². The minimum Gasteiger partial charge on any atom is -0.344 e. The van der Waals surface area contributed by atoms with Crippen molar-refractivity contribution in [3.63, 3.8) is 0 Å². The molecular formula is C19H24N4O2S. The first-order chi connectivity index (χ1) is 12.5. The van der Waals surface area contributed by atoms with Gasteiger partial charge in [-0.3, -0.25) is 14.9 Å². The summed E-state index contributed by atoms with van der Waals surface area (Å²) in [6.45, 7) is 6.00. The maximum absolute atomic E-state index is 12.7. The first-order valence-corrected chi connectivity index (χ1v) is 9.81. The normalized spacial score (nSPS) is 16.0. The van der Waals surface area contributed by atoms with Crippen LogP contribution < -0.4 is 10.6 Å². The van der Waals surface area contributed by atoms with Gasteiger partial charge in [-0.15, -0.1) is 10.2 Å². The average Bonchev–Trinajstić information content (AvgIpc) is 3.38. The molecule has 1 heterocycles. The molecule has 0 bridgehead atoms. The number of aromatic nitrogens is 2. The summed E-state index contributed by atoms with van der Waals surface area (Å²) in [5.41, 5.74) is 2.12. The summed E-state index contributed by atoms with van der Waals surface area (Å²) in [5.74, 6) is -0.144. The molecule has 0 aliphatic heterocycles.